The summed E-state index contributed by atoms with van der Waals surface area (Å²) in [6, 6.07) is -0.637. The Morgan fingerprint density at radius 2 is 2.19 bits per heavy atom. The van der Waals surface area contributed by atoms with Crippen molar-refractivity contribution in [3.8, 4) is 0 Å². The van der Waals surface area contributed by atoms with E-state index in [1.54, 1.807) is 0 Å². The van der Waals surface area contributed by atoms with Gasteiger partial charge in [-0.05, 0) is 0 Å². The highest BCUT2D eigenvalue weighted by Gasteiger charge is 2.47. The molecular formula is C9H15NO6. The van der Waals surface area contributed by atoms with E-state index in [0.717, 1.165) is 7.11 Å². The Balaban J connectivity index is 2.63. The van der Waals surface area contributed by atoms with Crippen LogP contribution >= 0.6 is 0 Å². The Morgan fingerprint density at radius 3 is 2.62 bits per heavy atom. The number of esters is 1. The second-order valence-electron chi connectivity index (χ2n) is 3.67. The van der Waals surface area contributed by atoms with E-state index in [1.807, 2.05) is 0 Å². The molecule has 2 unspecified atom stereocenters. The highest BCUT2D eigenvalue weighted by atomic mass is 16.7. The standard InChI is InChI=1S/C9H15NO6/c1-5(11)10-6-4-16-9(14,3-7(6)12)8(13)15-2/h6-7,12,14H,3-4H2,1-2H3,(H,10,11)/t6?,7?,9-/m0/s1. The summed E-state index contributed by atoms with van der Waals surface area (Å²) >= 11 is 0. The summed E-state index contributed by atoms with van der Waals surface area (Å²) in [4.78, 5) is 21.9. The van der Waals surface area contributed by atoms with Crippen LogP contribution in [0.15, 0.2) is 0 Å². The summed E-state index contributed by atoms with van der Waals surface area (Å²) in [6.45, 7) is 1.14. The molecule has 7 nitrogen and oxygen atoms in total. The molecule has 0 aromatic rings. The first-order valence-electron chi connectivity index (χ1n) is 4.79. The molecule has 92 valence electrons. The number of carbonyl (C=O) groups is 2. The maximum Gasteiger partial charge on any atom is 0.366 e. The van der Waals surface area contributed by atoms with E-state index in [1.165, 1.54) is 6.92 Å². The first-order valence-corrected chi connectivity index (χ1v) is 4.79. The Bertz CT molecular complexity index is 294. The maximum atomic E-state index is 11.2. The third kappa shape index (κ3) is 2.69. The number of aliphatic hydroxyl groups excluding tert-OH is 1. The van der Waals surface area contributed by atoms with E-state index in [0.29, 0.717) is 0 Å². The van der Waals surface area contributed by atoms with Gasteiger partial charge in [-0.3, -0.25) is 4.79 Å². The van der Waals surface area contributed by atoms with Crippen LogP contribution in [0.4, 0.5) is 0 Å². The lowest BCUT2D eigenvalue weighted by atomic mass is 9.98. The smallest absolute Gasteiger partial charge is 0.366 e. The first kappa shape index (κ1) is 12.9. The van der Waals surface area contributed by atoms with Gasteiger partial charge in [-0.1, -0.05) is 0 Å². The second-order valence-corrected chi connectivity index (χ2v) is 3.67. The lowest BCUT2D eigenvalue weighted by Gasteiger charge is -2.37. The summed E-state index contributed by atoms with van der Waals surface area (Å²) in [7, 11) is 1.11. The monoisotopic (exact) mass is 233 g/mol. The van der Waals surface area contributed by atoms with Crippen molar-refractivity contribution in [2.75, 3.05) is 13.7 Å². The Hall–Kier alpha value is -1.18. The van der Waals surface area contributed by atoms with Gasteiger partial charge in [0.05, 0.1) is 25.9 Å². The molecule has 0 radical (unpaired) electrons. The molecule has 1 heterocycles. The van der Waals surface area contributed by atoms with Crippen molar-refractivity contribution < 1.29 is 29.3 Å². The van der Waals surface area contributed by atoms with E-state index in [4.69, 9.17) is 4.74 Å². The largest absolute Gasteiger partial charge is 0.465 e. The zero-order valence-corrected chi connectivity index (χ0v) is 9.10. The van der Waals surface area contributed by atoms with E-state index < -0.39 is 23.9 Å². The summed E-state index contributed by atoms with van der Waals surface area (Å²) in [6.07, 6.45) is -1.41. The van der Waals surface area contributed by atoms with Crippen LogP contribution in [0, 0.1) is 0 Å². The fourth-order valence-corrected chi connectivity index (χ4v) is 1.52. The molecule has 0 bridgehead atoms. The van der Waals surface area contributed by atoms with Gasteiger partial charge in [-0.2, -0.15) is 0 Å². The van der Waals surface area contributed by atoms with Crippen molar-refractivity contribution in [1.29, 1.82) is 0 Å². The van der Waals surface area contributed by atoms with E-state index in [9.17, 15) is 19.8 Å². The Morgan fingerprint density at radius 1 is 1.56 bits per heavy atom. The van der Waals surface area contributed by atoms with Gasteiger partial charge in [-0.25, -0.2) is 4.79 Å². The molecule has 0 aromatic carbocycles. The quantitative estimate of drug-likeness (QED) is 0.483. The number of amides is 1. The Labute approximate surface area is 92.3 Å². The van der Waals surface area contributed by atoms with Gasteiger partial charge >= 0.3 is 5.97 Å². The molecule has 0 aliphatic carbocycles. The molecule has 3 N–H and O–H groups in total. The summed E-state index contributed by atoms with van der Waals surface area (Å²) in [5.41, 5.74) is 0. The molecule has 0 aromatic heterocycles. The number of rotatable bonds is 2. The van der Waals surface area contributed by atoms with Crippen LogP contribution < -0.4 is 5.32 Å². The molecule has 1 rings (SSSR count). The lowest BCUT2D eigenvalue weighted by Crippen LogP contribution is -2.58. The van der Waals surface area contributed by atoms with Gasteiger partial charge in [-0.15, -0.1) is 0 Å². The number of aliphatic hydroxyl groups is 2. The van der Waals surface area contributed by atoms with Crippen molar-refractivity contribution in [1.82, 2.24) is 5.32 Å². The number of carbonyl (C=O) groups excluding carboxylic acids is 2. The number of hydrogen-bond donors (Lipinski definition) is 3. The molecule has 3 atom stereocenters. The average molecular weight is 233 g/mol. The third-order valence-corrected chi connectivity index (χ3v) is 2.34. The van der Waals surface area contributed by atoms with Crippen LogP contribution in [-0.4, -0.2) is 53.7 Å². The summed E-state index contributed by atoms with van der Waals surface area (Å²) < 4.78 is 9.25. The molecule has 1 aliphatic heterocycles. The van der Waals surface area contributed by atoms with Gasteiger partial charge in [0.1, 0.15) is 0 Å². The minimum Gasteiger partial charge on any atom is -0.465 e. The third-order valence-electron chi connectivity index (χ3n) is 2.34. The van der Waals surface area contributed by atoms with Crippen LogP contribution in [0.1, 0.15) is 13.3 Å². The first-order chi connectivity index (χ1) is 7.39. The molecule has 16 heavy (non-hydrogen) atoms. The molecule has 1 fully saturated rings. The minimum absolute atomic E-state index is 0.160. The van der Waals surface area contributed by atoms with Crippen molar-refractivity contribution in [2.24, 2.45) is 0 Å². The maximum absolute atomic E-state index is 11.2. The van der Waals surface area contributed by atoms with Crippen LogP contribution in [0.2, 0.25) is 0 Å². The number of ether oxygens (including phenoxy) is 2. The predicted octanol–water partition coefficient (Wildman–Crippen LogP) is -1.87. The Kier molecular flexibility index (Phi) is 3.84. The lowest BCUT2D eigenvalue weighted by molar-refractivity contribution is -0.255. The fourth-order valence-electron chi connectivity index (χ4n) is 1.52. The SMILES string of the molecule is COC(=O)[C@]1(O)CC(O)C(NC(C)=O)CO1. The zero-order valence-electron chi connectivity index (χ0n) is 9.10. The molecule has 1 amide bonds. The number of hydrogen-bond acceptors (Lipinski definition) is 6. The van der Waals surface area contributed by atoms with Gasteiger partial charge in [0.15, 0.2) is 0 Å². The highest BCUT2D eigenvalue weighted by Crippen LogP contribution is 2.24. The number of nitrogens with one attached hydrogen (secondary N) is 1. The molecule has 1 aliphatic rings. The highest BCUT2D eigenvalue weighted by molar-refractivity contribution is 5.77. The molecule has 0 spiro atoms. The van der Waals surface area contributed by atoms with Crippen LogP contribution in [-0.2, 0) is 19.1 Å². The average Bonchev–Trinajstić information content (AvgIpc) is 2.21. The molecule has 0 saturated carbocycles. The van der Waals surface area contributed by atoms with Crippen molar-refractivity contribution in [3.05, 3.63) is 0 Å². The van der Waals surface area contributed by atoms with Crippen LogP contribution in [0.25, 0.3) is 0 Å². The topological polar surface area (TPSA) is 105 Å². The predicted molar refractivity (Wildman–Crippen MR) is 51.1 cm³/mol. The zero-order chi connectivity index (χ0) is 12.3. The van der Waals surface area contributed by atoms with Crippen LogP contribution in [0.5, 0.6) is 0 Å². The van der Waals surface area contributed by atoms with Gasteiger partial charge in [0.25, 0.3) is 5.79 Å². The van der Waals surface area contributed by atoms with Gasteiger partial charge < -0.3 is 25.0 Å². The number of methoxy groups -OCH3 is 1. The summed E-state index contributed by atoms with van der Waals surface area (Å²) in [5.74, 6) is -3.42. The molecular weight excluding hydrogens is 218 g/mol. The summed E-state index contributed by atoms with van der Waals surface area (Å²) in [5, 5.41) is 21.8. The van der Waals surface area contributed by atoms with E-state index >= 15 is 0 Å². The molecule has 1 saturated heterocycles. The fraction of sp³-hybridized carbons (Fsp3) is 0.778. The van der Waals surface area contributed by atoms with E-state index in [-0.39, 0.29) is 18.9 Å². The van der Waals surface area contributed by atoms with Crippen LogP contribution in [0.3, 0.4) is 0 Å². The normalized spacial score (nSPS) is 34.2. The molecule has 7 heteroatoms. The second kappa shape index (κ2) is 4.77. The van der Waals surface area contributed by atoms with Crippen molar-refractivity contribution >= 4 is 11.9 Å². The van der Waals surface area contributed by atoms with Gasteiger partial charge in [0, 0.05) is 13.3 Å². The minimum atomic E-state index is -2.14. The van der Waals surface area contributed by atoms with Crippen molar-refractivity contribution in [3.63, 3.8) is 0 Å². The van der Waals surface area contributed by atoms with E-state index in [2.05, 4.69) is 10.1 Å². The van der Waals surface area contributed by atoms with Gasteiger partial charge in [0.2, 0.25) is 5.91 Å². The van der Waals surface area contributed by atoms with Crippen molar-refractivity contribution in [2.45, 2.75) is 31.3 Å².